The third-order valence-corrected chi connectivity index (χ3v) is 3.59. The number of hydrogen-bond acceptors (Lipinski definition) is 5. The minimum absolute atomic E-state index is 0.0129. The van der Waals surface area contributed by atoms with E-state index in [1.54, 1.807) is 36.4 Å². The second kappa shape index (κ2) is 9.41. The lowest BCUT2D eigenvalue weighted by Gasteiger charge is -2.10. The second-order valence-electron chi connectivity index (χ2n) is 5.39. The number of carbonyl (C=O) groups is 2. The first-order chi connectivity index (χ1) is 12.5. The Labute approximate surface area is 150 Å². The summed E-state index contributed by atoms with van der Waals surface area (Å²) < 4.78 is 28.7. The van der Waals surface area contributed by atoms with Gasteiger partial charge in [-0.05, 0) is 23.8 Å². The molecule has 1 N–H and O–H groups in total. The highest BCUT2D eigenvalue weighted by Gasteiger charge is 2.11. The Hall–Kier alpha value is -3.09. The molecule has 0 heterocycles. The van der Waals surface area contributed by atoms with Crippen LogP contribution in [0, 0.1) is 5.82 Å². The minimum Gasteiger partial charge on any atom is -0.493 e. The highest BCUT2D eigenvalue weighted by Crippen LogP contribution is 2.27. The van der Waals surface area contributed by atoms with Crippen molar-refractivity contribution in [3.8, 4) is 11.5 Å². The van der Waals surface area contributed by atoms with Crippen LogP contribution in [0.2, 0.25) is 0 Å². The van der Waals surface area contributed by atoms with E-state index in [9.17, 15) is 14.0 Å². The average molecular weight is 361 g/mol. The molecule has 0 saturated carbocycles. The van der Waals surface area contributed by atoms with Gasteiger partial charge in [0.1, 0.15) is 5.82 Å². The fourth-order valence-electron chi connectivity index (χ4n) is 2.24. The first-order valence-electron chi connectivity index (χ1n) is 7.90. The molecule has 0 fully saturated rings. The van der Waals surface area contributed by atoms with Gasteiger partial charge in [0.2, 0.25) is 0 Å². The Morgan fingerprint density at radius 3 is 2.46 bits per heavy atom. The van der Waals surface area contributed by atoms with Gasteiger partial charge in [-0.1, -0.05) is 24.3 Å². The maximum absolute atomic E-state index is 13.5. The molecule has 7 heteroatoms. The van der Waals surface area contributed by atoms with Gasteiger partial charge in [-0.15, -0.1) is 0 Å². The predicted octanol–water partition coefficient (Wildman–Crippen LogP) is 2.25. The Balaban J connectivity index is 1.79. The van der Waals surface area contributed by atoms with Crippen molar-refractivity contribution in [2.75, 3.05) is 20.8 Å². The van der Waals surface area contributed by atoms with Crippen molar-refractivity contribution in [3.05, 3.63) is 59.4 Å². The topological polar surface area (TPSA) is 73.9 Å². The van der Waals surface area contributed by atoms with Crippen LogP contribution in [0.4, 0.5) is 4.39 Å². The molecule has 0 bridgehead atoms. The Bertz CT molecular complexity index is 778. The normalized spacial score (nSPS) is 10.1. The van der Waals surface area contributed by atoms with Crippen LogP contribution in [-0.2, 0) is 27.3 Å². The molecule has 0 aliphatic carbocycles. The average Bonchev–Trinajstić information content (AvgIpc) is 2.65. The van der Waals surface area contributed by atoms with Gasteiger partial charge < -0.3 is 19.5 Å². The molecule has 0 saturated heterocycles. The summed E-state index contributed by atoms with van der Waals surface area (Å²) in [5, 5.41) is 2.50. The highest BCUT2D eigenvalue weighted by atomic mass is 19.1. The number of amides is 1. The molecule has 0 spiro atoms. The molecule has 0 radical (unpaired) electrons. The van der Waals surface area contributed by atoms with Gasteiger partial charge >= 0.3 is 5.97 Å². The van der Waals surface area contributed by atoms with E-state index >= 15 is 0 Å². The molecule has 1 amide bonds. The van der Waals surface area contributed by atoms with E-state index < -0.39 is 24.3 Å². The molecule has 0 atom stereocenters. The summed E-state index contributed by atoms with van der Waals surface area (Å²) in [5.41, 5.74) is 1.02. The zero-order chi connectivity index (χ0) is 18.9. The van der Waals surface area contributed by atoms with Crippen molar-refractivity contribution < 1.29 is 28.2 Å². The van der Waals surface area contributed by atoms with Crippen LogP contribution >= 0.6 is 0 Å². The quantitative estimate of drug-likeness (QED) is 0.730. The number of methoxy groups -OCH3 is 2. The highest BCUT2D eigenvalue weighted by molar-refractivity contribution is 5.81. The minimum atomic E-state index is -0.557. The summed E-state index contributed by atoms with van der Waals surface area (Å²) in [6.07, 6.45) is -0.0129. The number of nitrogens with one attached hydrogen (secondary N) is 1. The van der Waals surface area contributed by atoms with E-state index in [1.165, 1.54) is 20.3 Å². The van der Waals surface area contributed by atoms with Crippen molar-refractivity contribution in [2.24, 2.45) is 0 Å². The predicted molar refractivity (Wildman–Crippen MR) is 92.5 cm³/mol. The molecule has 2 aromatic carbocycles. The Morgan fingerprint density at radius 1 is 1.04 bits per heavy atom. The van der Waals surface area contributed by atoms with Crippen LogP contribution in [0.1, 0.15) is 11.1 Å². The van der Waals surface area contributed by atoms with Crippen LogP contribution < -0.4 is 14.8 Å². The molecule has 2 aromatic rings. The standard InChI is InChI=1S/C19H20FNO5/c1-24-16-8-7-13(9-17(16)25-2)10-19(23)26-12-18(22)21-11-14-5-3-4-6-15(14)20/h3-9H,10-12H2,1-2H3,(H,21,22). The van der Waals surface area contributed by atoms with Crippen LogP contribution in [0.25, 0.3) is 0 Å². The second-order valence-corrected chi connectivity index (χ2v) is 5.39. The first kappa shape index (κ1) is 19.2. The smallest absolute Gasteiger partial charge is 0.310 e. The van der Waals surface area contributed by atoms with E-state index in [-0.39, 0.29) is 13.0 Å². The van der Waals surface area contributed by atoms with Crippen LogP contribution in [-0.4, -0.2) is 32.7 Å². The van der Waals surface area contributed by atoms with Gasteiger partial charge in [-0.2, -0.15) is 0 Å². The number of halogens is 1. The number of hydrogen-bond donors (Lipinski definition) is 1. The summed E-state index contributed by atoms with van der Waals surface area (Å²) in [4.78, 5) is 23.6. The monoisotopic (exact) mass is 361 g/mol. The lowest BCUT2D eigenvalue weighted by atomic mass is 10.1. The summed E-state index contributed by atoms with van der Waals surface area (Å²) in [6, 6.07) is 11.2. The third-order valence-electron chi connectivity index (χ3n) is 3.59. The number of esters is 1. The molecule has 138 valence electrons. The van der Waals surface area contributed by atoms with Gasteiger partial charge in [0.25, 0.3) is 5.91 Å². The largest absolute Gasteiger partial charge is 0.493 e. The van der Waals surface area contributed by atoms with Gasteiger partial charge in [-0.25, -0.2) is 4.39 Å². The lowest BCUT2D eigenvalue weighted by molar-refractivity contribution is -0.147. The summed E-state index contributed by atoms with van der Waals surface area (Å²) >= 11 is 0. The molecule has 0 aromatic heterocycles. The molecule has 0 aliphatic heterocycles. The van der Waals surface area contributed by atoms with Crippen LogP contribution in [0.15, 0.2) is 42.5 Å². The molecular formula is C19H20FNO5. The maximum atomic E-state index is 13.5. The fourth-order valence-corrected chi connectivity index (χ4v) is 2.24. The van der Waals surface area contributed by atoms with Gasteiger partial charge in [0, 0.05) is 12.1 Å². The summed E-state index contributed by atoms with van der Waals surface area (Å²) in [6.45, 7) is -0.403. The zero-order valence-corrected chi connectivity index (χ0v) is 14.6. The molecule has 0 unspecified atom stereocenters. The number of rotatable bonds is 8. The van der Waals surface area contributed by atoms with E-state index in [0.29, 0.717) is 22.6 Å². The van der Waals surface area contributed by atoms with Crippen LogP contribution in [0.5, 0.6) is 11.5 Å². The number of benzene rings is 2. The van der Waals surface area contributed by atoms with Gasteiger partial charge in [0.15, 0.2) is 18.1 Å². The molecule has 2 rings (SSSR count). The van der Waals surface area contributed by atoms with E-state index in [1.807, 2.05) is 0 Å². The SMILES string of the molecule is COc1ccc(CC(=O)OCC(=O)NCc2ccccc2F)cc1OC. The van der Waals surface area contributed by atoms with Crippen molar-refractivity contribution in [3.63, 3.8) is 0 Å². The molecule has 0 aliphatic rings. The van der Waals surface area contributed by atoms with Crippen LogP contribution in [0.3, 0.4) is 0 Å². The van der Waals surface area contributed by atoms with E-state index in [4.69, 9.17) is 14.2 Å². The lowest BCUT2D eigenvalue weighted by Crippen LogP contribution is -2.29. The van der Waals surface area contributed by atoms with Crippen molar-refractivity contribution in [1.29, 1.82) is 0 Å². The van der Waals surface area contributed by atoms with Gasteiger partial charge in [-0.3, -0.25) is 9.59 Å². The summed E-state index contributed by atoms with van der Waals surface area (Å²) in [7, 11) is 3.02. The van der Waals surface area contributed by atoms with Gasteiger partial charge in [0.05, 0.1) is 20.6 Å². The van der Waals surface area contributed by atoms with E-state index in [0.717, 1.165) is 0 Å². The van der Waals surface area contributed by atoms with E-state index in [2.05, 4.69) is 5.32 Å². The molecular weight excluding hydrogens is 341 g/mol. The Morgan fingerprint density at radius 2 is 1.77 bits per heavy atom. The number of carbonyl (C=O) groups excluding carboxylic acids is 2. The fraction of sp³-hybridized carbons (Fsp3) is 0.263. The maximum Gasteiger partial charge on any atom is 0.310 e. The van der Waals surface area contributed by atoms with Crippen molar-refractivity contribution >= 4 is 11.9 Å². The zero-order valence-electron chi connectivity index (χ0n) is 14.6. The third kappa shape index (κ3) is 5.47. The summed E-state index contributed by atoms with van der Waals surface area (Å²) in [5.74, 6) is -0.414. The number of ether oxygens (including phenoxy) is 3. The van der Waals surface area contributed by atoms with Crippen molar-refractivity contribution in [1.82, 2.24) is 5.32 Å². The first-order valence-corrected chi connectivity index (χ1v) is 7.90. The Kier molecular flexibility index (Phi) is 6.96. The molecule has 26 heavy (non-hydrogen) atoms. The molecule has 6 nitrogen and oxygen atoms in total. The van der Waals surface area contributed by atoms with Crippen molar-refractivity contribution in [2.45, 2.75) is 13.0 Å².